The molecule has 0 amide bonds. The maximum atomic E-state index is 5.56. The smallest absolute Gasteiger partial charge is 0.0471 e. The zero-order valence-corrected chi connectivity index (χ0v) is 11.8. The Labute approximate surface area is 111 Å². The van der Waals surface area contributed by atoms with Gasteiger partial charge in [0, 0.05) is 32.8 Å². The minimum Gasteiger partial charge on any atom is -0.381 e. The summed E-state index contributed by atoms with van der Waals surface area (Å²) in [7, 11) is 0. The first-order chi connectivity index (χ1) is 8.70. The standard InChI is InChI=1S/C15H28N2O/c1-14(4-7-16-11-14)12-17-8-2-3-15(13-17)5-9-18-10-6-15/h16H,2-13H2,1H3. The Balaban J connectivity index is 1.59. The molecule has 3 saturated heterocycles. The van der Waals surface area contributed by atoms with Crippen molar-refractivity contribution in [2.75, 3.05) is 45.9 Å². The van der Waals surface area contributed by atoms with Gasteiger partial charge in [-0.3, -0.25) is 0 Å². The molecule has 0 aliphatic carbocycles. The van der Waals surface area contributed by atoms with Crippen LogP contribution in [0.4, 0.5) is 0 Å². The zero-order valence-electron chi connectivity index (χ0n) is 11.8. The molecule has 3 heterocycles. The van der Waals surface area contributed by atoms with Crippen LogP contribution in [0.25, 0.3) is 0 Å². The number of nitrogens with one attached hydrogen (secondary N) is 1. The Morgan fingerprint density at radius 1 is 1.17 bits per heavy atom. The SMILES string of the molecule is CC1(CN2CCCC3(CCOCC3)C2)CCNC1. The molecule has 3 fully saturated rings. The second kappa shape index (κ2) is 5.10. The molecule has 0 radical (unpaired) electrons. The summed E-state index contributed by atoms with van der Waals surface area (Å²) < 4.78 is 5.56. The number of nitrogens with zero attached hydrogens (tertiary/aromatic N) is 1. The molecule has 104 valence electrons. The highest BCUT2D eigenvalue weighted by molar-refractivity contribution is 4.93. The Hall–Kier alpha value is -0.120. The highest BCUT2D eigenvalue weighted by Gasteiger charge is 2.39. The summed E-state index contributed by atoms with van der Waals surface area (Å²) in [6.45, 7) is 10.8. The van der Waals surface area contributed by atoms with Crippen LogP contribution in [0.5, 0.6) is 0 Å². The van der Waals surface area contributed by atoms with Crippen LogP contribution < -0.4 is 5.32 Å². The first-order valence-corrected chi connectivity index (χ1v) is 7.71. The lowest BCUT2D eigenvalue weighted by atomic mass is 9.73. The van der Waals surface area contributed by atoms with Gasteiger partial charge in [-0.15, -0.1) is 0 Å². The van der Waals surface area contributed by atoms with E-state index in [-0.39, 0.29) is 0 Å². The van der Waals surface area contributed by atoms with Gasteiger partial charge in [0.15, 0.2) is 0 Å². The molecule has 0 aromatic heterocycles. The van der Waals surface area contributed by atoms with E-state index >= 15 is 0 Å². The Morgan fingerprint density at radius 2 is 2.00 bits per heavy atom. The van der Waals surface area contributed by atoms with Gasteiger partial charge in [0.25, 0.3) is 0 Å². The average molecular weight is 252 g/mol. The highest BCUT2D eigenvalue weighted by Crippen LogP contribution is 2.40. The van der Waals surface area contributed by atoms with Gasteiger partial charge in [0.1, 0.15) is 0 Å². The molecule has 1 N–H and O–H groups in total. The minimum absolute atomic E-state index is 0.518. The monoisotopic (exact) mass is 252 g/mol. The van der Waals surface area contributed by atoms with Gasteiger partial charge in [-0.2, -0.15) is 0 Å². The van der Waals surface area contributed by atoms with Crippen LogP contribution in [0.3, 0.4) is 0 Å². The molecule has 1 atom stereocenters. The molecular formula is C15H28N2O. The first kappa shape index (κ1) is 12.9. The summed E-state index contributed by atoms with van der Waals surface area (Å²) in [4.78, 5) is 2.75. The molecule has 1 unspecified atom stereocenters. The number of hydrogen-bond acceptors (Lipinski definition) is 3. The van der Waals surface area contributed by atoms with Gasteiger partial charge in [0.2, 0.25) is 0 Å². The van der Waals surface area contributed by atoms with Gasteiger partial charge < -0.3 is 15.0 Å². The van der Waals surface area contributed by atoms with Gasteiger partial charge >= 0.3 is 0 Å². The van der Waals surface area contributed by atoms with Gasteiger partial charge in [-0.25, -0.2) is 0 Å². The number of piperidine rings is 1. The maximum absolute atomic E-state index is 5.56. The number of likely N-dealkylation sites (tertiary alicyclic amines) is 1. The van der Waals surface area contributed by atoms with Crippen molar-refractivity contribution in [1.82, 2.24) is 10.2 Å². The molecule has 3 aliphatic rings. The van der Waals surface area contributed by atoms with Crippen LogP contribution in [0.1, 0.15) is 39.0 Å². The molecular weight excluding hydrogens is 224 g/mol. The third-order valence-corrected chi connectivity index (χ3v) is 5.36. The summed E-state index contributed by atoms with van der Waals surface area (Å²) in [5, 5.41) is 3.53. The van der Waals surface area contributed by atoms with E-state index in [1.54, 1.807) is 0 Å². The molecule has 0 bridgehead atoms. The fourth-order valence-corrected chi connectivity index (χ4v) is 4.20. The number of rotatable bonds is 2. The summed E-state index contributed by atoms with van der Waals surface area (Å²) in [5.74, 6) is 0. The Kier molecular flexibility index (Phi) is 3.65. The van der Waals surface area contributed by atoms with Crippen molar-refractivity contribution in [3.05, 3.63) is 0 Å². The van der Waals surface area contributed by atoms with Crippen LogP contribution >= 0.6 is 0 Å². The fraction of sp³-hybridized carbons (Fsp3) is 1.00. The molecule has 3 nitrogen and oxygen atoms in total. The third-order valence-electron chi connectivity index (χ3n) is 5.36. The normalized spacial score (nSPS) is 37.2. The molecule has 0 saturated carbocycles. The van der Waals surface area contributed by atoms with Crippen LogP contribution in [0.15, 0.2) is 0 Å². The lowest BCUT2D eigenvalue weighted by Crippen LogP contribution is -2.49. The van der Waals surface area contributed by atoms with Gasteiger partial charge in [-0.1, -0.05) is 6.92 Å². The maximum Gasteiger partial charge on any atom is 0.0471 e. The predicted molar refractivity (Wildman–Crippen MR) is 73.8 cm³/mol. The minimum atomic E-state index is 0.518. The van der Waals surface area contributed by atoms with E-state index in [0.29, 0.717) is 10.8 Å². The van der Waals surface area contributed by atoms with E-state index < -0.39 is 0 Å². The molecule has 3 rings (SSSR count). The summed E-state index contributed by atoms with van der Waals surface area (Å²) in [6.07, 6.45) is 6.75. The van der Waals surface area contributed by atoms with E-state index in [9.17, 15) is 0 Å². The van der Waals surface area contributed by atoms with Crippen LogP contribution in [0, 0.1) is 10.8 Å². The lowest BCUT2D eigenvalue weighted by molar-refractivity contribution is -0.0339. The summed E-state index contributed by atoms with van der Waals surface area (Å²) >= 11 is 0. The van der Waals surface area contributed by atoms with E-state index in [4.69, 9.17) is 4.74 Å². The first-order valence-electron chi connectivity index (χ1n) is 7.71. The number of ether oxygens (including phenoxy) is 1. The second-order valence-corrected chi connectivity index (χ2v) is 7.16. The quantitative estimate of drug-likeness (QED) is 0.812. The zero-order chi connectivity index (χ0) is 12.5. The predicted octanol–water partition coefficient (Wildman–Crippen LogP) is 1.88. The molecule has 0 aromatic rings. The van der Waals surface area contributed by atoms with Crippen molar-refractivity contribution in [2.45, 2.75) is 39.0 Å². The highest BCUT2D eigenvalue weighted by atomic mass is 16.5. The van der Waals surface area contributed by atoms with Crippen LogP contribution in [-0.4, -0.2) is 50.8 Å². The largest absolute Gasteiger partial charge is 0.381 e. The van der Waals surface area contributed by atoms with Crippen LogP contribution in [0.2, 0.25) is 0 Å². The summed E-state index contributed by atoms with van der Waals surface area (Å²) in [5.41, 5.74) is 1.11. The second-order valence-electron chi connectivity index (χ2n) is 7.16. The third kappa shape index (κ3) is 2.73. The molecule has 18 heavy (non-hydrogen) atoms. The van der Waals surface area contributed by atoms with E-state index in [1.165, 1.54) is 64.8 Å². The summed E-state index contributed by atoms with van der Waals surface area (Å²) in [6, 6.07) is 0. The van der Waals surface area contributed by atoms with Crippen molar-refractivity contribution in [3.8, 4) is 0 Å². The number of hydrogen-bond donors (Lipinski definition) is 1. The van der Waals surface area contributed by atoms with Crippen molar-refractivity contribution in [3.63, 3.8) is 0 Å². The van der Waals surface area contributed by atoms with Gasteiger partial charge in [0.05, 0.1) is 0 Å². The van der Waals surface area contributed by atoms with Crippen molar-refractivity contribution in [1.29, 1.82) is 0 Å². The van der Waals surface area contributed by atoms with Gasteiger partial charge in [-0.05, 0) is 56.0 Å². The fourth-order valence-electron chi connectivity index (χ4n) is 4.20. The Bertz CT molecular complexity index is 275. The molecule has 3 heteroatoms. The van der Waals surface area contributed by atoms with Crippen molar-refractivity contribution >= 4 is 0 Å². The lowest BCUT2D eigenvalue weighted by Gasteiger charge is -2.47. The van der Waals surface area contributed by atoms with E-state index in [0.717, 1.165) is 13.2 Å². The molecule has 1 spiro atoms. The van der Waals surface area contributed by atoms with Crippen molar-refractivity contribution in [2.24, 2.45) is 10.8 Å². The van der Waals surface area contributed by atoms with Crippen LogP contribution in [-0.2, 0) is 4.74 Å². The van der Waals surface area contributed by atoms with Crippen molar-refractivity contribution < 1.29 is 4.74 Å². The van der Waals surface area contributed by atoms with E-state index in [2.05, 4.69) is 17.1 Å². The topological polar surface area (TPSA) is 24.5 Å². The Morgan fingerprint density at radius 3 is 2.72 bits per heavy atom. The molecule has 3 aliphatic heterocycles. The van der Waals surface area contributed by atoms with E-state index in [1.807, 2.05) is 0 Å². The average Bonchev–Trinajstić information content (AvgIpc) is 2.77. The molecule has 0 aromatic carbocycles.